The van der Waals surface area contributed by atoms with Crippen molar-refractivity contribution in [2.75, 3.05) is 26.2 Å². The predicted molar refractivity (Wildman–Crippen MR) is 85.4 cm³/mol. The van der Waals surface area contributed by atoms with Crippen LogP contribution in [0, 0.1) is 5.82 Å². The first-order valence-electron chi connectivity index (χ1n) is 7.22. The molecule has 0 bridgehead atoms. The number of urea groups is 1. The van der Waals surface area contributed by atoms with Crippen molar-refractivity contribution in [3.8, 4) is 0 Å². The summed E-state index contributed by atoms with van der Waals surface area (Å²) in [6.45, 7) is 4.42. The number of sulfonamides is 1. The Morgan fingerprint density at radius 3 is 2.43 bits per heavy atom. The molecule has 1 fully saturated rings. The molecule has 2 amide bonds. The number of hydrogen-bond acceptors (Lipinski definition) is 3. The standard InChI is InChI=1S/C14H19ClFN3O3S/c1-10(2)17-14(20)18-5-7-19(8-6-18)23(21,22)13-9-11(15)3-4-12(13)16/h3-4,9-10H,5-8H2,1-2H3,(H,17,20). The van der Waals surface area contributed by atoms with Crippen LogP contribution in [0.3, 0.4) is 0 Å². The van der Waals surface area contributed by atoms with Crippen molar-refractivity contribution in [3.63, 3.8) is 0 Å². The second-order valence-electron chi connectivity index (χ2n) is 5.57. The van der Waals surface area contributed by atoms with E-state index >= 15 is 0 Å². The molecule has 0 aromatic heterocycles. The summed E-state index contributed by atoms with van der Waals surface area (Å²) in [4.78, 5) is 13.0. The quantitative estimate of drug-likeness (QED) is 0.891. The molecular formula is C14H19ClFN3O3S. The Labute approximate surface area is 140 Å². The van der Waals surface area contributed by atoms with Crippen LogP contribution in [0.5, 0.6) is 0 Å². The highest BCUT2D eigenvalue weighted by Gasteiger charge is 2.32. The van der Waals surface area contributed by atoms with Gasteiger partial charge in [-0.1, -0.05) is 11.6 Å². The van der Waals surface area contributed by atoms with Gasteiger partial charge in [0, 0.05) is 37.2 Å². The van der Waals surface area contributed by atoms with Crippen molar-refractivity contribution in [2.45, 2.75) is 24.8 Å². The summed E-state index contributed by atoms with van der Waals surface area (Å²) in [7, 11) is -3.97. The van der Waals surface area contributed by atoms with Gasteiger partial charge in [0.15, 0.2) is 0 Å². The van der Waals surface area contributed by atoms with Gasteiger partial charge in [-0.15, -0.1) is 0 Å². The minimum Gasteiger partial charge on any atom is -0.336 e. The number of hydrogen-bond donors (Lipinski definition) is 1. The van der Waals surface area contributed by atoms with E-state index in [2.05, 4.69) is 5.32 Å². The lowest BCUT2D eigenvalue weighted by Crippen LogP contribution is -2.54. The first kappa shape index (κ1) is 18.0. The zero-order valence-electron chi connectivity index (χ0n) is 12.9. The number of benzene rings is 1. The van der Waals surface area contributed by atoms with Gasteiger partial charge in [-0.2, -0.15) is 4.31 Å². The number of halogens is 2. The average Bonchev–Trinajstić information content (AvgIpc) is 2.49. The number of amides is 2. The highest BCUT2D eigenvalue weighted by molar-refractivity contribution is 7.89. The van der Waals surface area contributed by atoms with E-state index in [-0.39, 0.29) is 43.3 Å². The number of nitrogens with zero attached hydrogens (tertiary/aromatic N) is 2. The topological polar surface area (TPSA) is 69.7 Å². The zero-order chi connectivity index (χ0) is 17.2. The molecule has 0 unspecified atom stereocenters. The summed E-state index contributed by atoms with van der Waals surface area (Å²) in [6.07, 6.45) is 0. The first-order valence-corrected chi connectivity index (χ1v) is 9.04. The molecule has 0 spiro atoms. The molecule has 6 nitrogen and oxygen atoms in total. The number of carbonyl (C=O) groups is 1. The molecule has 0 aliphatic carbocycles. The molecule has 1 heterocycles. The van der Waals surface area contributed by atoms with Crippen molar-refractivity contribution < 1.29 is 17.6 Å². The van der Waals surface area contributed by atoms with Crippen molar-refractivity contribution in [2.24, 2.45) is 0 Å². The molecule has 9 heteroatoms. The molecule has 0 atom stereocenters. The lowest BCUT2D eigenvalue weighted by molar-refractivity contribution is 0.170. The largest absolute Gasteiger partial charge is 0.336 e. The van der Waals surface area contributed by atoms with Crippen LogP contribution in [-0.2, 0) is 10.0 Å². The molecule has 1 saturated heterocycles. The molecule has 0 saturated carbocycles. The Morgan fingerprint density at radius 1 is 1.26 bits per heavy atom. The van der Waals surface area contributed by atoms with E-state index in [9.17, 15) is 17.6 Å². The predicted octanol–water partition coefficient (Wildman–Crippen LogP) is 1.90. The molecule has 2 rings (SSSR count). The molecule has 1 aromatic rings. The minimum absolute atomic E-state index is 0.00446. The number of rotatable bonds is 3. The van der Waals surface area contributed by atoms with Crippen LogP contribution < -0.4 is 5.32 Å². The molecule has 1 aliphatic heterocycles. The highest BCUT2D eigenvalue weighted by Crippen LogP contribution is 2.24. The third-order valence-electron chi connectivity index (χ3n) is 3.45. The van der Waals surface area contributed by atoms with Gasteiger partial charge in [-0.3, -0.25) is 0 Å². The molecule has 23 heavy (non-hydrogen) atoms. The van der Waals surface area contributed by atoms with E-state index in [1.54, 1.807) is 4.90 Å². The Morgan fingerprint density at radius 2 is 1.87 bits per heavy atom. The van der Waals surface area contributed by atoms with Crippen LogP contribution in [0.25, 0.3) is 0 Å². The number of piperazine rings is 1. The summed E-state index contributed by atoms with van der Waals surface area (Å²) in [5.41, 5.74) is 0. The smallest absolute Gasteiger partial charge is 0.317 e. The normalized spacial score (nSPS) is 16.7. The first-order chi connectivity index (χ1) is 10.7. The van der Waals surface area contributed by atoms with Crippen molar-refractivity contribution in [1.82, 2.24) is 14.5 Å². The van der Waals surface area contributed by atoms with Gasteiger partial charge in [-0.05, 0) is 32.0 Å². The molecular weight excluding hydrogens is 345 g/mol. The van der Waals surface area contributed by atoms with Crippen molar-refractivity contribution in [3.05, 3.63) is 29.0 Å². The fourth-order valence-corrected chi connectivity index (χ4v) is 4.03. The third-order valence-corrected chi connectivity index (χ3v) is 5.60. The Balaban J connectivity index is 2.10. The fourth-order valence-electron chi connectivity index (χ4n) is 2.28. The molecule has 1 aliphatic rings. The van der Waals surface area contributed by atoms with Crippen LogP contribution in [0.2, 0.25) is 5.02 Å². The van der Waals surface area contributed by atoms with Crippen molar-refractivity contribution in [1.29, 1.82) is 0 Å². The molecule has 0 radical (unpaired) electrons. The van der Waals surface area contributed by atoms with E-state index in [1.165, 1.54) is 10.4 Å². The average molecular weight is 364 g/mol. The van der Waals surface area contributed by atoms with Gasteiger partial charge < -0.3 is 10.2 Å². The van der Waals surface area contributed by atoms with Gasteiger partial charge in [0.1, 0.15) is 10.7 Å². The fraction of sp³-hybridized carbons (Fsp3) is 0.500. The van der Waals surface area contributed by atoms with Crippen LogP contribution in [0.4, 0.5) is 9.18 Å². The maximum Gasteiger partial charge on any atom is 0.317 e. The molecule has 128 valence electrons. The maximum atomic E-state index is 13.8. The maximum absolute atomic E-state index is 13.8. The summed E-state index contributed by atoms with van der Waals surface area (Å²) < 4.78 is 40.0. The van der Waals surface area contributed by atoms with Crippen LogP contribution in [-0.4, -0.2) is 55.9 Å². The number of nitrogens with one attached hydrogen (secondary N) is 1. The Kier molecular flexibility index (Phi) is 5.49. The van der Waals surface area contributed by atoms with Gasteiger partial charge in [0.25, 0.3) is 0 Å². The Hall–Kier alpha value is -1.38. The van der Waals surface area contributed by atoms with Gasteiger partial charge >= 0.3 is 6.03 Å². The molecule has 1 N–H and O–H groups in total. The van der Waals surface area contributed by atoms with Gasteiger partial charge in [-0.25, -0.2) is 17.6 Å². The van der Waals surface area contributed by atoms with Crippen LogP contribution in [0.1, 0.15) is 13.8 Å². The summed E-state index contributed by atoms with van der Waals surface area (Å²) in [5, 5.41) is 2.91. The van der Waals surface area contributed by atoms with E-state index in [0.29, 0.717) is 0 Å². The SMILES string of the molecule is CC(C)NC(=O)N1CCN(S(=O)(=O)c2cc(Cl)ccc2F)CC1. The summed E-state index contributed by atoms with van der Waals surface area (Å²) in [5.74, 6) is -0.839. The van der Waals surface area contributed by atoms with Crippen LogP contribution >= 0.6 is 11.6 Å². The van der Waals surface area contributed by atoms with E-state index < -0.39 is 20.7 Å². The van der Waals surface area contributed by atoms with Crippen LogP contribution in [0.15, 0.2) is 23.1 Å². The van der Waals surface area contributed by atoms with E-state index in [4.69, 9.17) is 11.6 Å². The lowest BCUT2D eigenvalue weighted by atomic mass is 10.3. The second kappa shape index (κ2) is 7.02. The van der Waals surface area contributed by atoms with Gasteiger partial charge in [0.2, 0.25) is 10.0 Å². The summed E-state index contributed by atoms with van der Waals surface area (Å²) in [6, 6.07) is 3.20. The highest BCUT2D eigenvalue weighted by atomic mass is 35.5. The summed E-state index contributed by atoms with van der Waals surface area (Å²) >= 11 is 5.76. The van der Waals surface area contributed by atoms with E-state index in [0.717, 1.165) is 12.1 Å². The van der Waals surface area contributed by atoms with Crippen molar-refractivity contribution >= 4 is 27.7 Å². The molecule has 1 aromatic carbocycles. The van der Waals surface area contributed by atoms with E-state index in [1.807, 2.05) is 13.8 Å². The Bertz CT molecular complexity index is 689. The minimum atomic E-state index is -3.97. The monoisotopic (exact) mass is 363 g/mol. The second-order valence-corrected chi connectivity index (χ2v) is 7.91. The van der Waals surface area contributed by atoms with Gasteiger partial charge in [0.05, 0.1) is 0 Å². The number of carbonyl (C=O) groups excluding carboxylic acids is 1. The third kappa shape index (κ3) is 4.13. The zero-order valence-corrected chi connectivity index (χ0v) is 14.5. The lowest BCUT2D eigenvalue weighted by Gasteiger charge is -2.34.